The van der Waals surface area contributed by atoms with E-state index in [1.807, 2.05) is 47.4 Å². The summed E-state index contributed by atoms with van der Waals surface area (Å²) in [5, 5.41) is 3.06. The number of benzene rings is 2. The highest BCUT2D eigenvalue weighted by Crippen LogP contribution is 2.33. The Morgan fingerprint density at radius 2 is 1.71 bits per heavy atom. The maximum atomic E-state index is 13.1. The first-order chi connectivity index (χ1) is 13.6. The van der Waals surface area contributed by atoms with E-state index in [4.69, 9.17) is 0 Å². The van der Waals surface area contributed by atoms with Crippen LogP contribution in [0.4, 0.5) is 5.69 Å². The Balaban J connectivity index is 1.39. The van der Waals surface area contributed by atoms with Gasteiger partial charge in [-0.15, -0.1) is 0 Å². The van der Waals surface area contributed by atoms with E-state index >= 15 is 0 Å². The number of nitrogens with zero attached hydrogens (tertiary/aromatic N) is 1. The van der Waals surface area contributed by atoms with E-state index in [9.17, 15) is 9.59 Å². The average molecular weight is 377 g/mol. The van der Waals surface area contributed by atoms with Gasteiger partial charge in [-0.25, -0.2) is 0 Å². The second kappa shape index (κ2) is 8.17. The monoisotopic (exact) mass is 376 g/mol. The lowest BCUT2D eigenvalue weighted by molar-refractivity contribution is -0.126. The normalized spacial score (nSPS) is 19.3. The zero-order chi connectivity index (χ0) is 19.5. The van der Waals surface area contributed by atoms with Gasteiger partial charge in [-0.3, -0.25) is 9.59 Å². The number of amides is 2. The molecule has 0 aromatic heterocycles. The van der Waals surface area contributed by atoms with Crippen LogP contribution in [0.5, 0.6) is 0 Å². The SMILES string of the molecule is CC1Cc2ccccc2N1C(=O)c1ccc(CNC(=O)C2CCCCC2)cc1. The summed E-state index contributed by atoms with van der Waals surface area (Å²) in [6.07, 6.45) is 6.48. The van der Waals surface area contributed by atoms with Gasteiger partial charge in [0.2, 0.25) is 5.91 Å². The van der Waals surface area contributed by atoms with E-state index in [0.717, 1.165) is 43.4 Å². The van der Waals surface area contributed by atoms with E-state index < -0.39 is 0 Å². The molecule has 2 aromatic rings. The first kappa shape index (κ1) is 18.7. The van der Waals surface area contributed by atoms with Crippen LogP contribution in [0.2, 0.25) is 0 Å². The van der Waals surface area contributed by atoms with Gasteiger partial charge in [0, 0.05) is 29.8 Å². The molecule has 1 aliphatic heterocycles. The lowest BCUT2D eigenvalue weighted by Crippen LogP contribution is -2.35. The molecule has 2 aliphatic rings. The minimum absolute atomic E-state index is 0.0373. The van der Waals surface area contributed by atoms with E-state index in [-0.39, 0.29) is 23.8 Å². The predicted molar refractivity (Wildman–Crippen MR) is 111 cm³/mol. The second-order valence-electron chi connectivity index (χ2n) is 8.11. The summed E-state index contributed by atoms with van der Waals surface area (Å²) in [4.78, 5) is 27.3. The highest BCUT2D eigenvalue weighted by molar-refractivity contribution is 6.07. The second-order valence-corrected chi connectivity index (χ2v) is 8.11. The van der Waals surface area contributed by atoms with Crippen molar-refractivity contribution in [1.82, 2.24) is 5.32 Å². The van der Waals surface area contributed by atoms with Crippen LogP contribution < -0.4 is 10.2 Å². The Morgan fingerprint density at radius 3 is 2.46 bits per heavy atom. The lowest BCUT2D eigenvalue weighted by atomic mass is 9.88. The molecule has 0 bridgehead atoms. The van der Waals surface area contributed by atoms with Gasteiger partial charge >= 0.3 is 0 Å². The van der Waals surface area contributed by atoms with Gasteiger partial charge in [0.1, 0.15) is 0 Å². The molecule has 0 radical (unpaired) electrons. The van der Waals surface area contributed by atoms with Crippen molar-refractivity contribution in [3.05, 3.63) is 65.2 Å². The van der Waals surface area contributed by atoms with Crippen molar-refractivity contribution in [2.24, 2.45) is 5.92 Å². The van der Waals surface area contributed by atoms with E-state index in [2.05, 4.69) is 18.3 Å². The van der Waals surface area contributed by atoms with E-state index in [1.54, 1.807) is 0 Å². The zero-order valence-corrected chi connectivity index (χ0v) is 16.5. The number of nitrogens with one attached hydrogen (secondary N) is 1. The number of anilines is 1. The first-order valence-electron chi connectivity index (χ1n) is 10.4. The molecule has 4 rings (SSSR count). The highest BCUT2D eigenvalue weighted by Gasteiger charge is 2.31. The van der Waals surface area contributed by atoms with Crippen molar-refractivity contribution in [1.29, 1.82) is 0 Å². The van der Waals surface area contributed by atoms with Gasteiger partial charge in [0.05, 0.1) is 0 Å². The first-order valence-corrected chi connectivity index (χ1v) is 10.4. The van der Waals surface area contributed by atoms with Gasteiger partial charge in [0.15, 0.2) is 0 Å². The van der Waals surface area contributed by atoms with Crippen LogP contribution in [0.1, 0.15) is 60.5 Å². The van der Waals surface area contributed by atoms with E-state index in [0.29, 0.717) is 12.1 Å². The van der Waals surface area contributed by atoms with Crippen molar-refractivity contribution in [2.75, 3.05) is 4.90 Å². The summed E-state index contributed by atoms with van der Waals surface area (Å²) in [5.41, 5.74) is 3.95. The van der Waals surface area contributed by atoms with Crippen LogP contribution in [-0.2, 0) is 17.8 Å². The molecule has 2 amide bonds. The third-order valence-corrected chi connectivity index (χ3v) is 6.07. The van der Waals surface area contributed by atoms with Crippen LogP contribution in [-0.4, -0.2) is 17.9 Å². The molecule has 146 valence electrons. The smallest absolute Gasteiger partial charge is 0.258 e. The van der Waals surface area contributed by atoms with Crippen molar-refractivity contribution in [3.8, 4) is 0 Å². The number of rotatable bonds is 4. The summed E-state index contributed by atoms with van der Waals surface area (Å²) in [5.74, 6) is 0.379. The minimum Gasteiger partial charge on any atom is -0.352 e. The number of hydrogen-bond acceptors (Lipinski definition) is 2. The van der Waals surface area contributed by atoms with Gasteiger partial charge in [-0.05, 0) is 55.5 Å². The standard InChI is InChI=1S/C24H28N2O2/c1-17-15-21-9-5-6-10-22(21)26(17)24(28)20-13-11-18(12-14-20)16-25-23(27)19-7-3-2-4-8-19/h5-6,9-14,17,19H,2-4,7-8,15-16H2,1H3,(H,25,27). The molecule has 28 heavy (non-hydrogen) atoms. The largest absolute Gasteiger partial charge is 0.352 e. The van der Waals surface area contributed by atoms with Crippen LogP contribution in [0.15, 0.2) is 48.5 Å². The average Bonchev–Trinajstić information content (AvgIpc) is 3.08. The molecule has 2 aromatic carbocycles. The van der Waals surface area contributed by atoms with Crippen molar-refractivity contribution >= 4 is 17.5 Å². The summed E-state index contributed by atoms with van der Waals surface area (Å²) < 4.78 is 0. The maximum Gasteiger partial charge on any atom is 0.258 e. The quantitative estimate of drug-likeness (QED) is 0.856. The van der Waals surface area contributed by atoms with Crippen LogP contribution in [0.3, 0.4) is 0 Å². The molecule has 4 nitrogen and oxygen atoms in total. The van der Waals surface area contributed by atoms with Crippen molar-refractivity contribution in [2.45, 2.75) is 58.0 Å². The molecule has 1 atom stereocenters. The molecule has 0 saturated heterocycles. The molecule has 1 saturated carbocycles. The number of hydrogen-bond donors (Lipinski definition) is 1. The van der Waals surface area contributed by atoms with Crippen LogP contribution in [0.25, 0.3) is 0 Å². The molecule has 1 heterocycles. The van der Waals surface area contributed by atoms with Gasteiger partial charge in [0.25, 0.3) is 5.91 Å². The summed E-state index contributed by atoms with van der Waals surface area (Å²) >= 11 is 0. The topological polar surface area (TPSA) is 49.4 Å². The molecule has 0 spiro atoms. The molecular formula is C24H28N2O2. The Bertz CT molecular complexity index is 853. The van der Waals surface area contributed by atoms with E-state index in [1.165, 1.54) is 12.0 Å². The van der Waals surface area contributed by atoms with Crippen LogP contribution >= 0.6 is 0 Å². The number of para-hydroxylation sites is 1. The summed E-state index contributed by atoms with van der Waals surface area (Å²) in [7, 11) is 0. The molecule has 1 N–H and O–H groups in total. The summed E-state index contributed by atoms with van der Waals surface area (Å²) in [6, 6.07) is 15.9. The van der Waals surface area contributed by atoms with Crippen LogP contribution in [0, 0.1) is 5.92 Å². The number of carbonyl (C=O) groups excluding carboxylic acids is 2. The number of carbonyl (C=O) groups is 2. The Hall–Kier alpha value is -2.62. The predicted octanol–water partition coefficient (Wildman–Crippen LogP) is 4.47. The Kier molecular flexibility index (Phi) is 5.47. The summed E-state index contributed by atoms with van der Waals surface area (Å²) in [6.45, 7) is 2.61. The lowest BCUT2D eigenvalue weighted by Gasteiger charge is -2.23. The minimum atomic E-state index is 0.0373. The third-order valence-electron chi connectivity index (χ3n) is 6.07. The van der Waals surface area contributed by atoms with Crippen molar-refractivity contribution < 1.29 is 9.59 Å². The highest BCUT2D eigenvalue weighted by atomic mass is 16.2. The Labute approximate surface area is 166 Å². The van der Waals surface area contributed by atoms with Gasteiger partial charge in [-0.2, -0.15) is 0 Å². The van der Waals surface area contributed by atoms with Crippen molar-refractivity contribution in [3.63, 3.8) is 0 Å². The third kappa shape index (κ3) is 3.82. The Morgan fingerprint density at radius 1 is 1.00 bits per heavy atom. The van der Waals surface area contributed by atoms with Gasteiger partial charge in [-0.1, -0.05) is 49.6 Å². The fraction of sp³-hybridized carbons (Fsp3) is 0.417. The molecule has 1 unspecified atom stereocenters. The molecule has 4 heteroatoms. The fourth-order valence-corrected chi connectivity index (χ4v) is 4.48. The molecule has 1 aliphatic carbocycles. The van der Waals surface area contributed by atoms with Gasteiger partial charge < -0.3 is 10.2 Å². The number of fused-ring (bicyclic) bond motifs is 1. The maximum absolute atomic E-state index is 13.1. The molecule has 1 fully saturated rings. The fourth-order valence-electron chi connectivity index (χ4n) is 4.48. The zero-order valence-electron chi connectivity index (χ0n) is 16.5. The molecular weight excluding hydrogens is 348 g/mol.